The molecule has 2 unspecified atom stereocenters. The van der Waals surface area contributed by atoms with E-state index in [9.17, 15) is 14.7 Å². The van der Waals surface area contributed by atoms with Gasteiger partial charge in [0, 0.05) is 6.92 Å². The van der Waals surface area contributed by atoms with Gasteiger partial charge in [0.1, 0.15) is 0 Å². The van der Waals surface area contributed by atoms with Gasteiger partial charge in [-0.1, -0.05) is 18.2 Å². The van der Waals surface area contributed by atoms with Crippen LogP contribution in [0.15, 0.2) is 35.3 Å². The SMILES string of the molecule is CC(=O)C1=NC(C(C)O)C(=O)N(c2ccccc2)N1. The number of benzene rings is 1. The number of hydrogen-bond donors (Lipinski definition) is 2. The minimum absolute atomic E-state index is 0.0642. The van der Waals surface area contributed by atoms with E-state index in [-0.39, 0.29) is 11.6 Å². The van der Waals surface area contributed by atoms with Crippen LogP contribution in [0.4, 0.5) is 5.69 Å². The fraction of sp³-hybridized carbons (Fsp3) is 0.308. The molecule has 0 bridgehead atoms. The summed E-state index contributed by atoms with van der Waals surface area (Å²) < 4.78 is 0. The maximum absolute atomic E-state index is 12.2. The summed E-state index contributed by atoms with van der Waals surface area (Å²) in [5.41, 5.74) is 3.27. The molecule has 1 amide bonds. The summed E-state index contributed by atoms with van der Waals surface area (Å²) in [6, 6.07) is 7.87. The number of nitrogens with zero attached hydrogens (tertiary/aromatic N) is 2. The molecule has 0 fully saturated rings. The molecule has 1 aliphatic rings. The minimum atomic E-state index is -0.972. The number of ketones is 1. The van der Waals surface area contributed by atoms with Crippen LogP contribution in [0.1, 0.15) is 13.8 Å². The van der Waals surface area contributed by atoms with Crippen LogP contribution in [-0.2, 0) is 9.59 Å². The number of rotatable bonds is 3. The Morgan fingerprint density at radius 1 is 1.42 bits per heavy atom. The van der Waals surface area contributed by atoms with Crippen LogP contribution in [0.3, 0.4) is 0 Å². The summed E-state index contributed by atoms with van der Waals surface area (Å²) in [6.07, 6.45) is -0.963. The molecule has 1 aromatic carbocycles. The highest BCUT2D eigenvalue weighted by Crippen LogP contribution is 2.17. The average molecular weight is 261 g/mol. The number of amides is 1. The zero-order valence-corrected chi connectivity index (χ0v) is 10.7. The van der Waals surface area contributed by atoms with E-state index in [1.54, 1.807) is 24.3 Å². The number of aliphatic hydroxyl groups excluding tert-OH is 1. The van der Waals surface area contributed by atoms with Crippen LogP contribution < -0.4 is 10.4 Å². The lowest BCUT2D eigenvalue weighted by molar-refractivity contribution is -0.122. The van der Waals surface area contributed by atoms with Crippen LogP contribution in [0, 0.1) is 0 Å². The third-order valence-electron chi connectivity index (χ3n) is 2.76. The Morgan fingerprint density at radius 2 is 2.05 bits per heavy atom. The topological polar surface area (TPSA) is 82.0 Å². The smallest absolute Gasteiger partial charge is 0.273 e. The van der Waals surface area contributed by atoms with Gasteiger partial charge in [0.15, 0.2) is 17.7 Å². The third-order valence-corrected chi connectivity index (χ3v) is 2.76. The number of nitrogens with one attached hydrogen (secondary N) is 1. The van der Waals surface area contributed by atoms with E-state index in [1.165, 1.54) is 18.9 Å². The van der Waals surface area contributed by atoms with Gasteiger partial charge in [-0.15, -0.1) is 0 Å². The Kier molecular flexibility index (Phi) is 3.62. The van der Waals surface area contributed by atoms with Crippen molar-refractivity contribution < 1.29 is 14.7 Å². The lowest BCUT2D eigenvalue weighted by atomic mass is 10.1. The first-order chi connectivity index (χ1) is 9.00. The van der Waals surface area contributed by atoms with E-state index < -0.39 is 18.1 Å². The van der Waals surface area contributed by atoms with Crippen LogP contribution in [0.2, 0.25) is 0 Å². The first-order valence-electron chi connectivity index (χ1n) is 5.93. The summed E-state index contributed by atoms with van der Waals surface area (Å²) >= 11 is 0. The normalized spacial score (nSPS) is 20.6. The van der Waals surface area contributed by atoms with Crippen molar-refractivity contribution in [3.8, 4) is 0 Å². The van der Waals surface area contributed by atoms with E-state index >= 15 is 0 Å². The van der Waals surface area contributed by atoms with Gasteiger partial charge in [-0.05, 0) is 19.1 Å². The summed E-state index contributed by atoms with van der Waals surface area (Å²) in [7, 11) is 0. The summed E-state index contributed by atoms with van der Waals surface area (Å²) in [5.74, 6) is -0.625. The van der Waals surface area contributed by atoms with Crippen LogP contribution in [0.25, 0.3) is 0 Å². The van der Waals surface area contributed by atoms with Crippen molar-refractivity contribution in [2.24, 2.45) is 4.99 Å². The number of aliphatic imine (C=N–C) groups is 1. The van der Waals surface area contributed by atoms with Crippen molar-refractivity contribution in [2.75, 3.05) is 5.01 Å². The number of para-hydroxylation sites is 1. The van der Waals surface area contributed by atoms with E-state index in [4.69, 9.17) is 0 Å². The number of carbonyl (C=O) groups is 2. The molecular weight excluding hydrogens is 246 g/mol. The molecular formula is C13H15N3O3. The number of hydrogen-bond acceptors (Lipinski definition) is 5. The van der Waals surface area contributed by atoms with Gasteiger partial charge in [0.2, 0.25) is 0 Å². The quantitative estimate of drug-likeness (QED) is 0.818. The number of hydrazine groups is 1. The Bertz CT molecular complexity index is 525. The van der Waals surface area contributed by atoms with Crippen molar-refractivity contribution in [2.45, 2.75) is 26.0 Å². The second kappa shape index (κ2) is 5.19. The number of aliphatic hydroxyl groups is 1. The van der Waals surface area contributed by atoms with E-state index in [0.717, 1.165) is 0 Å². The molecule has 1 heterocycles. The summed E-state index contributed by atoms with van der Waals surface area (Å²) in [6.45, 7) is 2.82. The fourth-order valence-corrected chi connectivity index (χ4v) is 1.77. The first kappa shape index (κ1) is 13.2. The molecule has 0 saturated heterocycles. The molecule has 19 heavy (non-hydrogen) atoms. The van der Waals surface area contributed by atoms with Crippen molar-refractivity contribution in [3.05, 3.63) is 30.3 Å². The highest BCUT2D eigenvalue weighted by Gasteiger charge is 2.35. The monoisotopic (exact) mass is 261 g/mol. The van der Waals surface area contributed by atoms with E-state index in [2.05, 4.69) is 10.4 Å². The van der Waals surface area contributed by atoms with Crippen molar-refractivity contribution >= 4 is 23.2 Å². The Labute approximate surface area is 110 Å². The van der Waals surface area contributed by atoms with Crippen molar-refractivity contribution in [1.29, 1.82) is 0 Å². The number of amidine groups is 1. The second-order valence-corrected chi connectivity index (χ2v) is 4.34. The van der Waals surface area contributed by atoms with Crippen LogP contribution in [0.5, 0.6) is 0 Å². The van der Waals surface area contributed by atoms with Gasteiger partial charge < -0.3 is 5.11 Å². The molecule has 6 nitrogen and oxygen atoms in total. The molecule has 2 rings (SSSR count). The first-order valence-corrected chi connectivity index (χ1v) is 5.93. The van der Waals surface area contributed by atoms with Gasteiger partial charge in [-0.3, -0.25) is 15.0 Å². The zero-order valence-electron chi connectivity index (χ0n) is 10.7. The highest BCUT2D eigenvalue weighted by atomic mass is 16.3. The van der Waals surface area contributed by atoms with Gasteiger partial charge in [-0.25, -0.2) is 10.0 Å². The minimum Gasteiger partial charge on any atom is -0.391 e. The second-order valence-electron chi connectivity index (χ2n) is 4.34. The molecule has 0 aliphatic carbocycles. The van der Waals surface area contributed by atoms with Crippen LogP contribution in [-0.4, -0.2) is 34.8 Å². The maximum Gasteiger partial charge on any atom is 0.273 e. The summed E-state index contributed by atoms with van der Waals surface area (Å²) in [4.78, 5) is 27.6. The van der Waals surface area contributed by atoms with E-state index in [1.807, 2.05) is 6.07 Å². The largest absolute Gasteiger partial charge is 0.391 e. The average Bonchev–Trinajstić information content (AvgIpc) is 2.39. The van der Waals surface area contributed by atoms with Crippen LogP contribution >= 0.6 is 0 Å². The molecule has 6 heteroatoms. The molecule has 1 aromatic rings. The van der Waals surface area contributed by atoms with Gasteiger partial charge in [-0.2, -0.15) is 0 Å². The zero-order chi connectivity index (χ0) is 14.0. The molecule has 2 N–H and O–H groups in total. The molecule has 1 aliphatic heterocycles. The van der Waals surface area contributed by atoms with E-state index in [0.29, 0.717) is 5.69 Å². The maximum atomic E-state index is 12.2. The molecule has 100 valence electrons. The third kappa shape index (κ3) is 2.63. The van der Waals surface area contributed by atoms with Crippen molar-refractivity contribution in [3.63, 3.8) is 0 Å². The summed E-state index contributed by atoms with van der Waals surface area (Å²) in [5, 5.41) is 10.9. The lowest BCUT2D eigenvalue weighted by Gasteiger charge is -2.32. The Hall–Kier alpha value is -2.21. The number of anilines is 1. The molecule has 0 spiro atoms. The van der Waals surface area contributed by atoms with Crippen molar-refractivity contribution in [1.82, 2.24) is 5.43 Å². The lowest BCUT2D eigenvalue weighted by Crippen LogP contribution is -2.58. The number of carbonyl (C=O) groups excluding carboxylic acids is 2. The standard InChI is InChI=1S/C13H15N3O3/c1-8(17)11-13(19)16(10-6-4-3-5-7-10)15-12(14-11)9(2)18/h3-8,11,17H,1-2H3,(H,14,15). The predicted molar refractivity (Wildman–Crippen MR) is 70.6 cm³/mol. The molecule has 0 radical (unpaired) electrons. The fourth-order valence-electron chi connectivity index (χ4n) is 1.77. The Balaban J connectivity index is 2.39. The van der Waals surface area contributed by atoms with Gasteiger partial charge >= 0.3 is 0 Å². The predicted octanol–water partition coefficient (Wildman–Crippen LogP) is 0.275. The van der Waals surface area contributed by atoms with Gasteiger partial charge in [0.05, 0.1) is 11.8 Å². The molecule has 2 atom stereocenters. The molecule has 0 saturated carbocycles. The highest BCUT2D eigenvalue weighted by molar-refractivity contribution is 6.39. The Morgan fingerprint density at radius 3 is 2.58 bits per heavy atom. The molecule has 0 aromatic heterocycles. The van der Waals surface area contributed by atoms with Gasteiger partial charge in [0.25, 0.3) is 5.91 Å². The number of Topliss-reactive ketones (excluding diaryl/α,β-unsaturated/α-hetero) is 1.